The molecule has 0 saturated heterocycles. The zero-order valence-corrected chi connectivity index (χ0v) is 13.6. The predicted octanol–water partition coefficient (Wildman–Crippen LogP) is 1.55. The molecule has 1 N–H and O–H groups in total. The molecule has 114 valence electrons. The maximum absolute atomic E-state index is 3.94. The van der Waals surface area contributed by atoms with E-state index in [-0.39, 0.29) is 0 Å². The first-order valence-electron chi connectivity index (χ1n) is 6.99. The van der Waals surface area contributed by atoms with Crippen LogP contribution >= 0.6 is 11.8 Å². The maximum atomic E-state index is 3.94. The summed E-state index contributed by atoms with van der Waals surface area (Å²) in [6, 6.07) is 8.63. The second kappa shape index (κ2) is 7.99. The first-order valence-corrected chi connectivity index (χ1v) is 7.97. The second-order valence-electron chi connectivity index (χ2n) is 5.02. The molecular formula is C14H22N6S. The zero-order valence-electron chi connectivity index (χ0n) is 12.8. The van der Waals surface area contributed by atoms with Gasteiger partial charge in [0, 0.05) is 39.1 Å². The number of nitrogens with zero attached hydrogens (tertiary/aromatic N) is 5. The fourth-order valence-electron chi connectivity index (χ4n) is 1.85. The van der Waals surface area contributed by atoms with Crippen LogP contribution in [-0.4, -0.2) is 46.6 Å². The van der Waals surface area contributed by atoms with E-state index in [2.05, 4.69) is 64.1 Å². The predicted molar refractivity (Wildman–Crippen MR) is 86.6 cm³/mol. The molecule has 2 aromatic rings. The summed E-state index contributed by atoms with van der Waals surface area (Å²) in [7, 11) is 5.97. The molecule has 1 aromatic carbocycles. The minimum absolute atomic E-state index is 0.870. The first kappa shape index (κ1) is 15.8. The summed E-state index contributed by atoms with van der Waals surface area (Å²) in [5.74, 6) is 1.01. The lowest BCUT2D eigenvalue weighted by Gasteiger charge is -2.12. The molecule has 2 rings (SSSR count). The number of rotatable bonds is 8. The molecule has 1 heterocycles. The number of hydrogen-bond donors (Lipinski definition) is 1. The summed E-state index contributed by atoms with van der Waals surface area (Å²) < 4.78 is 1.70. The Balaban J connectivity index is 1.60. The van der Waals surface area contributed by atoms with Crippen LogP contribution in [0.4, 0.5) is 5.69 Å². The van der Waals surface area contributed by atoms with Gasteiger partial charge < -0.3 is 10.2 Å². The van der Waals surface area contributed by atoms with E-state index in [0.717, 1.165) is 30.4 Å². The number of nitrogens with one attached hydrogen (secondary N) is 1. The van der Waals surface area contributed by atoms with Crippen molar-refractivity contribution in [3.05, 3.63) is 29.8 Å². The van der Waals surface area contributed by atoms with Crippen LogP contribution in [0.1, 0.15) is 12.0 Å². The van der Waals surface area contributed by atoms with Gasteiger partial charge in [0.25, 0.3) is 0 Å². The number of benzene rings is 1. The molecule has 0 unspecified atom stereocenters. The van der Waals surface area contributed by atoms with E-state index in [0.29, 0.717) is 0 Å². The van der Waals surface area contributed by atoms with Crippen molar-refractivity contribution in [3.8, 4) is 0 Å². The molecule has 0 amide bonds. The summed E-state index contributed by atoms with van der Waals surface area (Å²) in [5.41, 5.74) is 2.54. The van der Waals surface area contributed by atoms with Crippen LogP contribution in [0.15, 0.2) is 29.4 Å². The molecule has 0 aliphatic heterocycles. The van der Waals surface area contributed by atoms with E-state index in [4.69, 9.17) is 0 Å². The number of tetrazole rings is 1. The molecule has 0 atom stereocenters. The highest BCUT2D eigenvalue weighted by Crippen LogP contribution is 2.13. The van der Waals surface area contributed by atoms with Crippen molar-refractivity contribution >= 4 is 17.4 Å². The van der Waals surface area contributed by atoms with Crippen molar-refractivity contribution in [1.29, 1.82) is 0 Å². The Morgan fingerprint density at radius 1 is 1.24 bits per heavy atom. The van der Waals surface area contributed by atoms with Crippen LogP contribution < -0.4 is 10.2 Å². The van der Waals surface area contributed by atoms with Crippen molar-refractivity contribution in [2.75, 3.05) is 31.3 Å². The average Bonchev–Trinajstić information content (AvgIpc) is 2.88. The van der Waals surface area contributed by atoms with Crippen LogP contribution in [0.25, 0.3) is 0 Å². The van der Waals surface area contributed by atoms with E-state index in [1.54, 1.807) is 16.4 Å². The lowest BCUT2D eigenvalue weighted by atomic mass is 10.2. The second-order valence-corrected chi connectivity index (χ2v) is 6.09. The van der Waals surface area contributed by atoms with Gasteiger partial charge in [0.2, 0.25) is 5.16 Å². The van der Waals surface area contributed by atoms with Gasteiger partial charge in [-0.3, -0.25) is 0 Å². The molecule has 21 heavy (non-hydrogen) atoms. The van der Waals surface area contributed by atoms with Gasteiger partial charge in [-0.15, -0.1) is 5.10 Å². The third-order valence-electron chi connectivity index (χ3n) is 3.09. The summed E-state index contributed by atoms with van der Waals surface area (Å²) in [4.78, 5) is 2.11. The van der Waals surface area contributed by atoms with Gasteiger partial charge in [-0.1, -0.05) is 23.9 Å². The Morgan fingerprint density at radius 2 is 2.00 bits per heavy atom. The quantitative estimate of drug-likeness (QED) is 0.590. The number of hydrogen-bond acceptors (Lipinski definition) is 6. The Kier molecular flexibility index (Phi) is 6.01. The largest absolute Gasteiger partial charge is 0.378 e. The number of anilines is 1. The van der Waals surface area contributed by atoms with E-state index >= 15 is 0 Å². The topological polar surface area (TPSA) is 58.9 Å². The standard InChI is InChI=1S/C14H22N6S/c1-19(2)13-7-5-12(6-8-13)11-15-9-4-10-21-14-16-17-18-20(14)3/h5-8,15H,4,9-11H2,1-3H3. The highest BCUT2D eigenvalue weighted by atomic mass is 32.2. The minimum atomic E-state index is 0.870. The summed E-state index contributed by atoms with van der Waals surface area (Å²) in [5, 5.41) is 15.7. The highest BCUT2D eigenvalue weighted by Gasteiger charge is 2.01. The average molecular weight is 306 g/mol. The number of aryl methyl sites for hydroxylation is 1. The van der Waals surface area contributed by atoms with E-state index < -0.39 is 0 Å². The first-order chi connectivity index (χ1) is 10.2. The molecule has 0 radical (unpaired) electrons. The van der Waals surface area contributed by atoms with Gasteiger partial charge in [0.15, 0.2) is 0 Å². The van der Waals surface area contributed by atoms with Crippen molar-refractivity contribution in [3.63, 3.8) is 0 Å². The van der Waals surface area contributed by atoms with Crippen molar-refractivity contribution in [2.45, 2.75) is 18.1 Å². The lowest BCUT2D eigenvalue weighted by molar-refractivity contribution is 0.661. The van der Waals surface area contributed by atoms with Crippen molar-refractivity contribution < 1.29 is 0 Å². The van der Waals surface area contributed by atoms with Gasteiger partial charge in [0.05, 0.1) is 0 Å². The zero-order chi connectivity index (χ0) is 15.1. The van der Waals surface area contributed by atoms with Crippen LogP contribution in [0.5, 0.6) is 0 Å². The molecule has 0 bridgehead atoms. The third-order valence-corrected chi connectivity index (χ3v) is 4.19. The monoisotopic (exact) mass is 306 g/mol. The fourth-order valence-corrected chi connectivity index (χ4v) is 2.64. The molecule has 0 fully saturated rings. The highest BCUT2D eigenvalue weighted by molar-refractivity contribution is 7.99. The molecule has 6 nitrogen and oxygen atoms in total. The Hall–Kier alpha value is -1.60. The smallest absolute Gasteiger partial charge is 0.209 e. The molecule has 0 aliphatic carbocycles. The molecular weight excluding hydrogens is 284 g/mol. The molecule has 1 aromatic heterocycles. The van der Waals surface area contributed by atoms with Gasteiger partial charge >= 0.3 is 0 Å². The third kappa shape index (κ3) is 5.02. The molecule has 0 aliphatic rings. The number of thioether (sulfide) groups is 1. The van der Waals surface area contributed by atoms with Gasteiger partial charge in [-0.05, 0) is 41.1 Å². The Morgan fingerprint density at radius 3 is 2.62 bits per heavy atom. The lowest BCUT2D eigenvalue weighted by Crippen LogP contribution is -2.15. The SMILES string of the molecule is CN(C)c1ccc(CNCCCSc2nnnn2C)cc1. The molecule has 0 saturated carbocycles. The van der Waals surface area contributed by atoms with Crippen LogP contribution in [0.3, 0.4) is 0 Å². The van der Waals surface area contributed by atoms with Gasteiger partial charge in [-0.2, -0.15) is 0 Å². The Labute approximate surface area is 129 Å². The maximum Gasteiger partial charge on any atom is 0.209 e. The summed E-state index contributed by atoms with van der Waals surface area (Å²) in [6.07, 6.45) is 1.09. The van der Waals surface area contributed by atoms with Gasteiger partial charge in [-0.25, -0.2) is 4.68 Å². The van der Waals surface area contributed by atoms with E-state index in [1.807, 2.05) is 7.05 Å². The van der Waals surface area contributed by atoms with E-state index in [9.17, 15) is 0 Å². The fraction of sp³-hybridized carbons (Fsp3) is 0.500. The van der Waals surface area contributed by atoms with Crippen LogP contribution in [0.2, 0.25) is 0 Å². The molecule has 7 heteroatoms. The summed E-state index contributed by atoms with van der Waals surface area (Å²) >= 11 is 1.69. The van der Waals surface area contributed by atoms with Gasteiger partial charge in [0.1, 0.15) is 0 Å². The van der Waals surface area contributed by atoms with Crippen LogP contribution in [0, 0.1) is 0 Å². The number of aromatic nitrogens is 4. The van der Waals surface area contributed by atoms with Crippen molar-refractivity contribution in [1.82, 2.24) is 25.5 Å². The summed E-state index contributed by atoms with van der Waals surface area (Å²) in [6.45, 7) is 1.90. The normalized spacial score (nSPS) is 10.8. The minimum Gasteiger partial charge on any atom is -0.378 e. The molecule has 0 spiro atoms. The Bertz CT molecular complexity index is 537. The van der Waals surface area contributed by atoms with E-state index in [1.165, 1.54) is 11.3 Å². The van der Waals surface area contributed by atoms with Crippen LogP contribution in [-0.2, 0) is 13.6 Å². The van der Waals surface area contributed by atoms with Crippen molar-refractivity contribution in [2.24, 2.45) is 7.05 Å².